The number of carbonyl (C=O) groups is 2. The van der Waals surface area contributed by atoms with Crippen LogP contribution < -0.4 is 5.32 Å². The Morgan fingerprint density at radius 1 is 1.48 bits per heavy atom. The van der Waals surface area contributed by atoms with Gasteiger partial charge in [0.25, 0.3) is 5.91 Å². The summed E-state index contributed by atoms with van der Waals surface area (Å²) in [6.45, 7) is 4.48. The zero-order chi connectivity index (χ0) is 15.6. The van der Waals surface area contributed by atoms with E-state index in [1.54, 1.807) is 6.07 Å². The van der Waals surface area contributed by atoms with Gasteiger partial charge in [0.15, 0.2) is 0 Å². The first-order valence-electron chi connectivity index (χ1n) is 6.31. The molecule has 0 bridgehead atoms. The van der Waals surface area contributed by atoms with E-state index >= 15 is 0 Å². The van der Waals surface area contributed by atoms with Gasteiger partial charge in [-0.25, -0.2) is 4.79 Å². The molecule has 2 rings (SSSR count). The third-order valence-corrected chi connectivity index (χ3v) is 4.53. The van der Waals surface area contributed by atoms with E-state index in [1.165, 1.54) is 18.4 Å². The minimum atomic E-state index is -0.449. The Kier molecular flexibility index (Phi) is 4.84. The zero-order valence-electron chi connectivity index (χ0n) is 11.9. The van der Waals surface area contributed by atoms with E-state index in [1.807, 2.05) is 30.0 Å². The molecule has 0 saturated heterocycles. The lowest BCUT2D eigenvalue weighted by molar-refractivity contribution is 0.0607. The van der Waals surface area contributed by atoms with E-state index in [0.29, 0.717) is 22.8 Å². The predicted octanol–water partition coefficient (Wildman–Crippen LogP) is 3.68. The van der Waals surface area contributed by atoms with Crippen molar-refractivity contribution in [2.45, 2.75) is 20.4 Å². The molecule has 0 aliphatic rings. The van der Waals surface area contributed by atoms with Gasteiger partial charge < -0.3 is 14.6 Å². The van der Waals surface area contributed by atoms with E-state index in [4.69, 9.17) is 4.74 Å². The SMILES string of the molecule is CCn1cc(Br)cc1C(=O)Nc1c(C)csc1C(=O)OC. The molecule has 0 aliphatic carbocycles. The van der Waals surface area contributed by atoms with Gasteiger partial charge in [0.2, 0.25) is 0 Å². The van der Waals surface area contributed by atoms with Crippen molar-refractivity contribution in [3.8, 4) is 0 Å². The number of aryl methyl sites for hydroxylation is 2. The van der Waals surface area contributed by atoms with E-state index in [0.717, 1.165) is 10.0 Å². The average molecular weight is 371 g/mol. The molecule has 2 aromatic rings. The van der Waals surface area contributed by atoms with Crippen LogP contribution >= 0.6 is 27.3 Å². The smallest absolute Gasteiger partial charge is 0.350 e. The summed E-state index contributed by atoms with van der Waals surface area (Å²) in [7, 11) is 1.32. The van der Waals surface area contributed by atoms with Crippen molar-refractivity contribution in [1.82, 2.24) is 4.57 Å². The van der Waals surface area contributed by atoms with Crippen LogP contribution in [0, 0.1) is 6.92 Å². The topological polar surface area (TPSA) is 60.3 Å². The highest BCUT2D eigenvalue weighted by atomic mass is 79.9. The summed E-state index contributed by atoms with van der Waals surface area (Å²) in [6.07, 6.45) is 1.84. The Hall–Kier alpha value is -1.60. The summed E-state index contributed by atoms with van der Waals surface area (Å²) in [5.41, 5.74) is 1.88. The number of nitrogens with zero attached hydrogens (tertiary/aromatic N) is 1. The van der Waals surface area contributed by atoms with Crippen molar-refractivity contribution in [3.63, 3.8) is 0 Å². The number of nitrogens with one attached hydrogen (secondary N) is 1. The molecular weight excluding hydrogens is 356 g/mol. The molecular formula is C14H15BrN2O3S. The normalized spacial score (nSPS) is 10.5. The van der Waals surface area contributed by atoms with Gasteiger partial charge in [-0.05, 0) is 46.8 Å². The van der Waals surface area contributed by atoms with Gasteiger partial charge in [0, 0.05) is 17.2 Å². The molecule has 0 spiro atoms. The fraction of sp³-hybridized carbons (Fsp3) is 0.286. The number of amides is 1. The van der Waals surface area contributed by atoms with Crippen molar-refractivity contribution < 1.29 is 14.3 Å². The van der Waals surface area contributed by atoms with Crippen molar-refractivity contribution >= 4 is 44.8 Å². The first kappa shape index (κ1) is 15.8. The number of hydrogen-bond acceptors (Lipinski definition) is 4. The van der Waals surface area contributed by atoms with Crippen LogP contribution in [0.3, 0.4) is 0 Å². The number of ether oxygens (including phenoxy) is 1. The van der Waals surface area contributed by atoms with Crippen LogP contribution in [0.25, 0.3) is 0 Å². The van der Waals surface area contributed by atoms with Crippen LogP contribution in [0.15, 0.2) is 22.1 Å². The Morgan fingerprint density at radius 3 is 2.81 bits per heavy atom. The maximum Gasteiger partial charge on any atom is 0.350 e. The fourth-order valence-electron chi connectivity index (χ4n) is 1.95. The lowest BCUT2D eigenvalue weighted by Crippen LogP contribution is -2.18. The summed E-state index contributed by atoms with van der Waals surface area (Å²) in [6, 6.07) is 1.75. The number of aromatic nitrogens is 1. The second kappa shape index (κ2) is 6.44. The molecule has 0 atom stereocenters. The fourth-order valence-corrected chi connectivity index (χ4v) is 3.33. The van der Waals surface area contributed by atoms with Crippen LogP contribution in [0.5, 0.6) is 0 Å². The average Bonchev–Trinajstić information content (AvgIpc) is 3.02. The summed E-state index contributed by atoms with van der Waals surface area (Å²) in [4.78, 5) is 24.5. The quantitative estimate of drug-likeness (QED) is 0.835. The third-order valence-electron chi connectivity index (χ3n) is 3.02. The highest BCUT2D eigenvalue weighted by molar-refractivity contribution is 9.10. The standard InChI is InChI=1S/C14H15BrN2O3S/c1-4-17-6-9(15)5-10(17)13(18)16-11-8(2)7-21-12(11)14(19)20-3/h5-7H,4H2,1-3H3,(H,16,18). The number of halogens is 1. The van der Waals surface area contributed by atoms with Crippen LogP contribution in [0.2, 0.25) is 0 Å². The molecule has 2 aromatic heterocycles. The maximum absolute atomic E-state index is 12.4. The Balaban J connectivity index is 2.31. The predicted molar refractivity (Wildman–Crippen MR) is 86.2 cm³/mol. The Morgan fingerprint density at radius 2 is 2.19 bits per heavy atom. The number of hydrogen-bond donors (Lipinski definition) is 1. The largest absolute Gasteiger partial charge is 0.465 e. The molecule has 7 heteroatoms. The van der Waals surface area contributed by atoms with Crippen LogP contribution in [0.1, 0.15) is 32.6 Å². The van der Waals surface area contributed by atoms with Gasteiger partial charge in [-0.3, -0.25) is 4.79 Å². The number of thiophene rings is 1. The van der Waals surface area contributed by atoms with E-state index < -0.39 is 5.97 Å². The number of carbonyl (C=O) groups excluding carboxylic acids is 2. The van der Waals surface area contributed by atoms with Gasteiger partial charge in [-0.15, -0.1) is 11.3 Å². The molecule has 0 aliphatic heterocycles. The minimum absolute atomic E-state index is 0.255. The van der Waals surface area contributed by atoms with Gasteiger partial charge in [-0.1, -0.05) is 0 Å². The van der Waals surface area contributed by atoms with Crippen molar-refractivity contribution in [2.24, 2.45) is 0 Å². The van der Waals surface area contributed by atoms with Crippen molar-refractivity contribution in [3.05, 3.63) is 38.3 Å². The van der Waals surface area contributed by atoms with Crippen LogP contribution in [0.4, 0.5) is 5.69 Å². The molecule has 0 fully saturated rings. The number of esters is 1. The maximum atomic E-state index is 12.4. The highest BCUT2D eigenvalue weighted by Gasteiger charge is 2.20. The second-order valence-electron chi connectivity index (χ2n) is 4.40. The van der Waals surface area contributed by atoms with Crippen LogP contribution in [-0.2, 0) is 11.3 Å². The zero-order valence-corrected chi connectivity index (χ0v) is 14.3. The summed E-state index contributed by atoms with van der Waals surface area (Å²) in [5.74, 6) is -0.704. The molecule has 1 amide bonds. The molecule has 2 heterocycles. The first-order valence-corrected chi connectivity index (χ1v) is 7.98. The van der Waals surface area contributed by atoms with Crippen LogP contribution in [-0.4, -0.2) is 23.6 Å². The minimum Gasteiger partial charge on any atom is -0.465 e. The molecule has 1 N–H and O–H groups in total. The second-order valence-corrected chi connectivity index (χ2v) is 6.19. The molecule has 21 heavy (non-hydrogen) atoms. The number of methoxy groups -OCH3 is 1. The van der Waals surface area contributed by atoms with Gasteiger partial charge in [-0.2, -0.15) is 0 Å². The molecule has 5 nitrogen and oxygen atoms in total. The third kappa shape index (κ3) is 3.19. The van der Waals surface area contributed by atoms with Gasteiger partial charge in [0.05, 0.1) is 12.8 Å². The molecule has 112 valence electrons. The number of anilines is 1. The van der Waals surface area contributed by atoms with E-state index in [9.17, 15) is 9.59 Å². The molecule has 0 radical (unpaired) electrons. The number of rotatable bonds is 4. The van der Waals surface area contributed by atoms with Gasteiger partial charge in [0.1, 0.15) is 10.6 Å². The Labute approximate surface area is 135 Å². The van der Waals surface area contributed by atoms with Gasteiger partial charge >= 0.3 is 5.97 Å². The lowest BCUT2D eigenvalue weighted by atomic mass is 10.2. The summed E-state index contributed by atoms with van der Waals surface area (Å²) in [5, 5.41) is 4.62. The summed E-state index contributed by atoms with van der Waals surface area (Å²) < 4.78 is 7.40. The Bertz CT molecular complexity index is 690. The summed E-state index contributed by atoms with van der Waals surface area (Å²) >= 11 is 4.62. The monoisotopic (exact) mass is 370 g/mol. The van der Waals surface area contributed by atoms with E-state index in [-0.39, 0.29) is 5.91 Å². The highest BCUT2D eigenvalue weighted by Crippen LogP contribution is 2.29. The van der Waals surface area contributed by atoms with Crippen molar-refractivity contribution in [1.29, 1.82) is 0 Å². The molecule has 0 unspecified atom stereocenters. The molecule has 0 saturated carbocycles. The first-order chi connectivity index (χ1) is 9.97. The van der Waals surface area contributed by atoms with E-state index in [2.05, 4.69) is 21.2 Å². The molecule has 0 aromatic carbocycles. The lowest BCUT2D eigenvalue weighted by Gasteiger charge is -2.09. The van der Waals surface area contributed by atoms with Crippen molar-refractivity contribution in [2.75, 3.05) is 12.4 Å².